The third-order valence-corrected chi connectivity index (χ3v) is 2.49. The first-order valence-electron chi connectivity index (χ1n) is 5.32. The molecule has 1 atom stereocenters. The van der Waals surface area contributed by atoms with Crippen molar-refractivity contribution in [3.05, 3.63) is 34.9 Å². The molecule has 10 heteroatoms. The van der Waals surface area contributed by atoms with Gasteiger partial charge in [-0.05, 0) is 18.6 Å². The van der Waals surface area contributed by atoms with Crippen molar-refractivity contribution in [2.75, 3.05) is 0 Å². The average Bonchev–Trinajstić information content (AvgIpc) is 2.35. The molecule has 1 rings (SSSR count). The monoisotopic (exact) mass is 333 g/mol. The van der Waals surface area contributed by atoms with E-state index in [1.807, 2.05) is 0 Å². The number of carboxylic acid groups (broad SMARTS) is 3. The molecule has 0 aliphatic carbocycles. The summed E-state index contributed by atoms with van der Waals surface area (Å²) in [6.45, 7) is 1.41. The molecule has 0 saturated carbocycles. The fourth-order valence-corrected chi connectivity index (χ4v) is 1.40. The summed E-state index contributed by atoms with van der Waals surface area (Å²) in [6, 6.07) is 2.59. The standard InChI is InChI=1S/C12H13NO6.3Na/c1-6(10(14)15)13-5-7-2-3-8(11(16)17)9(4-7)12(18)19;;;/h2-4,6,13H,5H2,1H3,(H,14,15)(H,16,17)(H,18,19);;;/q;3*+1/p-3/t6-;;;/m0.../s1. The van der Waals surface area contributed by atoms with Crippen LogP contribution in [0, 0.1) is 0 Å². The second-order valence-electron chi connectivity index (χ2n) is 3.88. The number of aromatic carboxylic acids is 2. The maximum Gasteiger partial charge on any atom is 1.00 e. The Morgan fingerprint density at radius 2 is 1.50 bits per heavy atom. The van der Waals surface area contributed by atoms with E-state index in [1.165, 1.54) is 13.0 Å². The Morgan fingerprint density at radius 3 is 1.91 bits per heavy atom. The number of rotatable bonds is 6. The molecule has 22 heavy (non-hydrogen) atoms. The SMILES string of the molecule is C[C@H](NCc1ccc(C(=O)[O-])c(C(=O)[O-])c1)C(=O)[O-].[Na+].[Na+].[Na+]. The minimum absolute atomic E-state index is 0. The van der Waals surface area contributed by atoms with Crippen LogP contribution in [0.4, 0.5) is 0 Å². The molecule has 1 N–H and O–H groups in total. The number of carboxylic acids is 3. The van der Waals surface area contributed by atoms with Crippen LogP contribution in [0.5, 0.6) is 0 Å². The summed E-state index contributed by atoms with van der Waals surface area (Å²) in [6.07, 6.45) is 0. The first-order valence-corrected chi connectivity index (χ1v) is 5.32. The summed E-state index contributed by atoms with van der Waals surface area (Å²) in [5.41, 5.74) is -0.602. The number of nitrogens with one attached hydrogen (secondary N) is 1. The van der Waals surface area contributed by atoms with Crippen molar-refractivity contribution < 1.29 is 118 Å². The largest absolute Gasteiger partial charge is 1.00 e. The molecule has 0 spiro atoms. The number of carbonyl (C=O) groups excluding carboxylic acids is 3. The molecule has 0 heterocycles. The molecule has 1 aromatic rings. The van der Waals surface area contributed by atoms with Crippen LogP contribution in [0.15, 0.2) is 18.2 Å². The van der Waals surface area contributed by atoms with E-state index >= 15 is 0 Å². The molecular weight excluding hydrogens is 323 g/mol. The number of hydrogen-bond acceptors (Lipinski definition) is 7. The number of hydrogen-bond donors (Lipinski definition) is 1. The second-order valence-corrected chi connectivity index (χ2v) is 3.88. The number of benzene rings is 1. The molecule has 0 aliphatic heterocycles. The van der Waals surface area contributed by atoms with Gasteiger partial charge in [0.15, 0.2) is 0 Å². The van der Waals surface area contributed by atoms with Gasteiger partial charge in [0.1, 0.15) is 0 Å². The van der Waals surface area contributed by atoms with E-state index in [9.17, 15) is 29.7 Å². The number of carbonyl (C=O) groups is 3. The van der Waals surface area contributed by atoms with Crippen molar-refractivity contribution in [1.82, 2.24) is 5.32 Å². The zero-order valence-electron chi connectivity index (χ0n) is 13.0. The summed E-state index contributed by atoms with van der Waals surface area (Å²) < 4.78 is 0. The van der Waals surface area contributed by atoms with Crippen LogP contribution in [-0.4, -0.2) is 23.9 Å². The van der Waals surface area contributed by atoms with Crippen LogP contribution in [-0.2, 0) is 11.3 Å². The smallest absolute Gasteiger partial charge is 0.548 e. The molecule has 7 nitrogen and oxygen atoms in total. The Morgan fingerprint density at radius 1 is 1.00 bits per heavy atom. The van der Waals surface area contributed by atoms with E-state index in [1.54, 1.807) is 0 Å². The first kappa shape index (κ1) is 27.4. The fourth-order valence-electron chi connectivity index (χ4n) is 1.40. The number of aliphatic carboxylic acids is 1. The van der Waals surface area contributed by atoms with Gasteiger partial charge in [-0.1, -0.05) is 12.1 Å². The van der Waals surface area contributed by atoms with Gasteiger partial charge in [-0.2, -0.15) is 0 Å². The molecule has 0 fully saturated rings. The van der Waals surface area contributed by atoms with Crippen molar-refractivity contribution in [2.45, 2.75) is 19.5 Å². The molecular formula is C12H10NNa3O6. The molecule has 0 amide bonds. The first-order chi connectivity index (χ1) is 8.82. The summed E-state index contributed by atoms with van der Waals surface area (Å²) in [7, 11) is 0. The minimum atomic E-state index is -1.64. The topological polar surface area (TPSA) is 132 Å². The van der Waals surface area contributed by atoms with Gasteiger partial charge in [0.25, 0.3) is 0 Å². The van der Waals surface area contributed by atoms with E-state index < -0.39 is 35.1 Å². The Balaban J connectivity index is -0.00000120. The zero-order valence-corrected chi connectivity index (χ0v) is 19.0. The third kappa shape index (κ3) is 8.44. The Bertz CT molecular complexity index is 538. The molecule has 102 valence electrons. The van der Waals surface area contributed by atoms with E-state index in [0.717, 1.165) is 12.1 Å². The van der Waals surface area contributed by atoms with Gasteiger partial charge < -0.3 is 35.0 Å². The van der Waals surface area contributed by atoms with Gasteiger partial charge in [-0.3, -0.25) is 0 Å². The van der Waals surface area contributed by atoms with E-state index in [0.29, 0.717) is 5.56 Å². The molecule has 0 aliphatic rings. The molecule has 0 unspecified atom stereocenters. The van der Waals surface area contributed by atoms with Crippen molar-refractivity contribution >= 4 is 17.9 Å². The third-order valence-electron chi connectivity index (χ3n) is 2.49. The van der Waals surface area contributed by atoms with Crippen molar-refractivity contribution in [2.24, 2.45) is 0 Å². The van der Waals surface area contributed by atoms with Gasteiger partial charge in [-0.15, -0.1) is 0 Å². The summed E-state index contributed by atoms with van der Waals surface area (Å²) in [5.74, 6) is -4.57. The maximum atomic E-state index is 10.8. The van der Waals surface area contributed by atoms with Crippen molar-refractivity contribution in [3.63, 3.8) is 0 Å². The zero-order chi connectivity index (χ0) is 14.6. The predicted molar refractivity (Wildman–Crippen MR) is 56.4 cm³/mol. The average molecular weight is 333 g/mol. The van der Waals surface area contributed by atoms with Crippen LogP contribution in [0.2, 0.25) is 0 Å². The van der Waals surface area contributed by atoms with Crippen LogP contribution >= 0.6 is 0 Å². The summed E-state index contributed by atoms with van der Waals surface area (Å²) >= 11 is 0. The molecule has 0 saturated heterocycles. The van der Waals surface area contributed by atoms with E-state index in [2.05, 4.69) is 5.32 Å². The van der Waals surface area contributed by atoms with Gasteiger partial charge in [0, 0.05) is 23.7 Å². The van der Waals surface area contributed by atoms with Crippen LogP contribution in [0.25, 0.3) is 0 Å². The normalized spacial score (nSPS) is 10.2. The van der Waals surface area contributed by atoms with Crippen LogP contribution in [0.1, 0.15) is 33.2 Å². The molecule has 0 radical (unpaired) electrons. The van der Waals surface area contributed by atoms with Gasteiger partial charge in [-0.25, -0.2) is 0 Å². The summed E-state index contributed by atoms with van der Waals surface area (Å²) in [4.78, 5) is 32.0. The molecule has 0 aromatic heterocycles. The Hall–Kier alpha value is 0.590. The van der Waals surface area contributed by atoms with Crippen LogP contribution < -0.4 is 109 Å². The van der Waals surface area contributed by atoms with Gasteiger partial charge in [0.2, 0.25) is 0 Å². The Labute approximate surface area is 193 Å². The predicted octanol–water partition coefficient (Wildman–Crippen LogP) is -12.3. The second kappa shape index (κ2) is 12.9. The fraction of sp³-hybridized carbons (Fsp3) is 0.250. The van der Waals surface area contributed by atoms with Crippen molar-refractivity contribution in [1.29, 1.82) is 0 Å². The Kier molecular flexibility index (Phi) is 16.1. The van der Waals surface area contributed by atoms with Gasteiger partial charge >= 0.3 is 88.7 Å². The van der Waals surface area contributed by atoms with E-state index in [-0.39, 0.29) is 95.2 Å². The summed E-state index contributed by atoms with van der Waals surface area (Å²) in [5, 5.41) is 34.5. The molecule has 0 bridgehead atoms. The molecule has 1 aromatic carbocycles. The van der Waals surface area contributed by atoms with E-state index in [4.69, 9.17) is 0 Å². The minimum Gasteiger partial charge on any atom is -0.548 e. The van der Waals surface area contributed by atoms with Crippen LogP contribution in [0.3, 0.4) is 0 Å². The van der Waals surface area contributed by atoms with Crippen molar-refractivity contribution in [3.8, 4) is 0 Å². The quantitative estimate of drug-likeness (QED) is 0.511. The van der Waals surface area contributed by atoms with Gasteiger partial charge in [0.05, 0.1) is 17.9 Å². The maximum absolute atomic E-state index is 10.8.